The van der Waals surface area contributed by atoms with Crippen LogP contribution in [0, 0.1) is 13.8 Å². The number of benzene rings is 2. The highest BCUT2D eigenvalue weighted by Gasteiger charge is 2.31. The van der Waals surface area contributed by atoms with Crippen LogP contribution in [0.5, 0.6) is 5.75 Å². The van der Waals surface area contributed by atoms with Crippen LogP contribution < -0.4 is 4.74 Å². The Balaban J connectivity index is 2.02. The van der Waals surface area contributed by atoms with Gasteiger partial charge in [-0.3, -0.25) is 9.80 Å². The maximum Gasteiger partial charge on any atom is 0.335 e. The first-order chi connectivity index (χ1) is 16.3. The number of ether oxygens (including phenoxy) is 1. The molecule has 184 valence electrons. The zero-order valence-electron chi connectivity index (χ0n) is 21.6. The molecule has 2 aromatic carbocycles. The Hall–Kier alpha value is -2.63. The van der Waals surface area contributed by atoms with E-state index in [0.29, 0.717) is 11.6 Å². The molecule has 1 aliphatic rings. The molecule has 0 spiro atoms. The largest absolute Gasteiger partial charge is 0.496 e. The highest BCUT2D eigenvalue weighted by Crippen LogP contribution is 2.35. The Morgan fingerprint density at radius 3 is 2.50 bits per heavy atom. The number of carbonyl (C=O) groups is 1. The van der Waals surface area contributed by atoms with E-state index in [-0.39, 0.29) is 6.04 Å². The van der Waals surface area contributed by atoms with Gasteiger partial charge in [0.1, 0.15) is 5.75 Å². The highest BCUT2D eigenvalue weighted by atomic mass is 16.5. The van der Waals surface area contributed by atoms with Crippen LogP contribution >= 0.6 is 0 Å². The number of carboxylic acids is 1. The van der Waals surface area contributed by atoms with Crippen LogP contribution in [0.3, 0.4) is 0 Å². The number of piperazine rings is 1. The third-order valence-corrected chi connectivity index (χ3v) is 7.35. The van der Waals surface area contributed by atoms with Crippen molar-refractivity contribution in [1.82, 2.24) is 9.80 Å². The standard InChI is InChI=1S/C29H40N2O3/c1-7-9-10-25-22(5)20(3)17-28(34-6)26(25)18-31-16-15-30(21(4)8-2)19-27(31)23-11-13-24(14-12-23)29(32)33/h9-14,17,21,27H,7-8,15-16,18-19H2,1-6H3,(H,32,33)/b10-9-. The smallest absolute Gasteiger partial charge is 0.335 e. The van der Waals surface area contributed by atoms with Gasteiger partial charge in [0, 0.05) is 43.8 Å². The number of carboxylic acid groups (broad SMARTS) is 1. The van der Waals surface area contributed by atoms with E-state index < -0.39 is 5.97 Å². The van der Waals surface area contributed by atoms with Gasteiger partial charge in [-0.05, 0) is 74.1 Å². The van der Waals surface area contributed by atoms with E-state index >= 15 is 0 Å². The molecule has 3 rings (SSSR count). The van der Waals surface area contributed by atoms with E-state index in [2.05, 4.69) is 62.6 Å². The lowest BCUT2D eigenvalue weighted by molar-refractivity contribution is 0.0448. The summed E-state index contributed by atoms with van der Waals surface area (Å²) < 4.78 is 5.87. The highest BCUT2D eigenvalue weighted by molar-refractivity contribution is 5.87. The Bertz CT molecular complexity index is 1010. The number of aryl methyl sites for hydroxylation is 1. The molecule has 5 heteroatoms. The Morgan fingerprint density at radius 1 is 1.21 bits per heavy atom. The van der Waals surface area contributed by atoms with E-state index in [1.807, 2.05) is 12.1 Å². The molecule has 1 aliphatic heterocycles. The molecule has 1 saturated heterocycles. The maximum absolute atomic E-state index is 11.4. The van der Waals surface area contributed by atoms with Crippen LogP contribution in [0.1, 0.15) is 77.8 Å². The van der Waals surface area contributed by atoms with Gasteiger partial charge < -0.3 is 9.84 Å². The summed E-state index contributed by atoms with van der Waals surface area (Å²) >= 11 is 0. The molecule has 5 nitrogen and oxygen atoms in total. The fourth-order valence-electron chi connectivity index (χ4n) is 4.83. The van der Waals surface area contributed by atoms with Crippen LogP contribution in [-0.2, 0) is 6.54 Å². The van der Waals surface area contributed by atoms with Crippen molar-refractivity contribution in [3.05, 3.63) is 69.8 Å². The third kappa shape index (κ3) is 5.70. The lowest BCUT2D eigenvalue weighted by Crippen LogP contribution is -2.50. The first-order valence-electron chi connectivity index (χ1n) is 12.5. The molecule has 1 fully saturated rings. The van der Waals surface area contributed by atoms with Crippen molar-refractivity contribution in [3.8, 4) is 5.75 Å². The van der Waals surface area contributed by atoms with Crippen molar-refractivity contribution in [2.24, 2.45) is 0 Å². The molecular weight excluding hydrogens is 424 g/mol. The zero-order valence-corrected chi connectivity index (χ0v) is 21.6. The fourth-order valence-corrected chi connectivity index (χ4v) is 4.83. The van der Waals surface area contributed by atoms with Crippen molar-refractivity contribution >= 4 is 12.0 Å². The Kier molecular flexibility index (Phi) is 8.92. The number of methoxy groups -OCH3 is 1. The van der Waals surface area contributed by atoms with Crippen LogP contribution in [0.4, 0.5) is 0 Å². The number of hydrogen-bond acceptors (Lipinski definition) is 4. The lowest BCUT2D eigenvalue weighted by atomic mass is 9.93. The van der Waals surface area contributed by atoms with Crippen molar-refractivity contribution in [2.75, 3.05) is 26.7 Å². The summed E-state index contributed by atoms with van der Waals surface area (Å²) in [6.07, 6.45) is 6.56. The minimum absolute atomic E-state index is 0.180. The molecule has 2 atom stereocenters. The first kappa shape index (κ1) is 26.0. The van der Waals surface area contributed by atoms with Crippen LogP contribution in [0.2, 0.25) is 0 Å². The van der Waals surface area contributed by atoms with Crippen LogP contribution in [0.25, 0.3) is 6.08 Å². The van der Waals surface area contributed by atoms with Crippen molar-refractivity contribution < 1.29 is 14.6 Å². The average Bonchev–Trinajstić information content (AvgIpc) is 2.85. The summed E-state index contributed by atoms with van der Waals surface area (Å²) in [6.45, 7) is 14.7. The van der Waals surface area contributed by atoms with Crippen LogP contribution in [-0.4, -0.2) is 53.7 Å². The maximum atomic E-state index is 11.4. The van der Waals surface area contributed by atoms with E-state index in [0.717, 1.165) is 50.3 Å². The number of nitrogens with zero attached hydrogens (tertiary/aromatic N) is 2. The number of allylic oxidation sites excluding steroid dienone is 1. The number of rotatable bonds is 9. The van der Waals surface area contributed by atoms with Crippen LogP contribution in [0.15, 0.2) is 36.4 Å². The van der Waals surface area contributed by atoms with Gasteiger partial charge in [-0.25, -0.2) is 4.79 Å². The SMILES string of the molecule is CC/C=C\c1c(C)c(C)cc(OC)c1CN1CCN(C(C)CC)CC1c1ccc(C(=O)O)cc1. The summed E-state index contributed by atoms with van der Waals surface area (Å²) in [7, 11) is 1.75. The van der Waals surface area contributed by atoms with Crippen molar-refractivity contribution in [1.29, 1.82) is 0 Å². The summed E-state index contributed by atoms with van der Waals surface area (Å²) in [5.74, 6) is 0.0451. The zero-order chi connectivity index (χ0) is 24.8. The van der Waals surface area contributed by atoms with Crippen molar-refractivity contribution in [2.45, 2.75) is 66.1 Å². The minimum atomic E-state index is -0.888. The molecule has 0 radical (unpaired) electrons. The van der Waals surface area contributed by atoms with E-state index in [4.69, 9.17) is 4.74 Å². The molecular formula is C29H40N2O3. The predicted octanol–water partition coefficient (Wildman–Crippen LogP) is 6.09. The number of aromatic carboxylic acids is 1. The molecule has 34 heavy (non-hydrogen) atoms. The summed E-state index contributed by atoms with van der Waals surface area (Å²) in [4.78, 5) is 16.5. The second kappa shape index (κ2) is 11.7. The van der Waals surface area contributed by atoms with Gasteiger partial charge in [0.2, 0.25) is 0 Å². The van der Waals surface area contributed by atoms with E-state index in [1.54, 1.807) is 19.2 Å². The molecule has 0 amide bonds. The van der Waals surface area contributed by atoms with Gasteiger partial charge in [-0.1, -0.05) is 38.1 Å². The first-order valence-corrected chi connectivity index (χ1v) is 12.5. The van der Waals surface area contributed by atoms with Gasteiger partial charge in [-0.15, -0.1) is 0 Å². The molecule has 1 N–H and O–H groups in total. The fraction of sp³-hybridized carbons (Fsp3) is 0.483. The molecule has 1 heterocycles. The summed E-state index contributed by atoms with van der Waals surface area (Å²) in [6, 6.07) is 10.3. The predicted molar refractivity (Wildman–Crippen MR) is 140 cm³/mol. The third-order valence-electron chi connectivity index (χ3n) is 7.35. The second-order valence-corrected chi connectivity index (χ2v) is 9.39. The quantitative estimate of drug-likeness (QED) is 0.487. The lowest BCUT2D eigenvalue weighted by Gasteiger charge is -2.44. The normalized spacial score (nSPS) is 18.4. The molecule has 2 unspecified atom stereocenters. The second-order valence-electron chi connectivity index (χ2n) is 9.39. The Morgan fingerprint density at radius 2 is 1.91 bits per heavy atom. The molecule has 0 bridgehead atoms. The van der Waals surface area contributed by atoms with Gasteiger partial charge in [-0.2, -0.15) is 0 Å². The summed E-state index contributed by atoms with van der Waals surface area (Å²) in [5.41, 5.74) is 6.49. The van der Waals surface area contributed by atoms with E-state index in [1.165, 1.54) is 22.3 Å². The average molecular weight is 465 g/mol. The minimum Gasteiger partial charge on any atom is -0.496 e. The molecule has 0 aliphatic carbocycles. The van der Waals surface area contributed by atoms with Crippen molar-refractivity contribution in [3.63, 3.8) is 0 Å². The van der Waals surface area contributed by atoms with Gasteiger partial charge in [0.15, 0.2) is 0 Å². The Labute approximate surface area is 205 Å². The monoisotopic (exact) mass is 464 g/mol. The van der Waals surface area contributed by atoms with E-state index in [9.17, 15) is 9.90 Å². The van der Waals surface area contributed by atoms with Gasteiger partial charge in [0.05, 0.1) is 12.7 Å². The molecule has 0 aromatic heterocycles. The summed E-state index contributed by atoms with van der Waals surface area (Å²) in [5, 5.41) is 9.35. The molecule has 0 saturated carbocycles. The van der Waals surface area contributed by atoms with Gasteiger partial charge >= 0.3 is 5.97 Å². The topological polar surface area (TPSA) is 53.0 Å². The number of hydrogen-bond donors (Lipinski definition) is 1. The van der Waals surface area contributed by atoms with Gasteiger partial charge in [0.25, 0.3) is 0 Å². The molecule has 2 aromatic rings.